The molecule has 0 saturated heterocycles. The van der Waals surface area contributed by atoms with E-state index in [1.807, 2.05) is 0 Å². The molecule has 1 nitrogen and oxygen atoms in total. The zero-order chi connectivity index (χ0) is 7.49. The first-order valence-corrected chi connectivity index (χ1v) is 4.32. The van der Waals surface area contributed by atoms with E-state index in [1.165, 1.54) is 6.92 Å². The largest absolute Gasteiger partial charge is 0.616 e. The Balaban J connectivity index is 3.39. The number of hydrogen-bond donors (Lipinski definition) is 0. The topological polar surface area (TPSA) is 17.1 Å². The van der Waals surface area contributed by atoms with Crippen LogP contribution in [-0.4, -0.2) is 14.9 Å². The van der Waals surface area contributed by atoms with Crippen LogP contribution in [0.4, 0.5) is 12.3 Å². The van der Waals surface area contributed by atoms with Gasteiger partial charge in [-0.05, 0) is 6.92 Å². The molecule has 0 fully saturated rings. The van der Waals surface area contributed by atoms with Crippen LogP contribution in [0.1, 0.15) is 13.3 Å². The molecular weight excluding hydrogens is 149 g/mol. The van der Waals surface area contributed by atoms with Gasteiger partial charge in [0.1, 0.15) is 5.78 Å². The van der Waals surface area contributed by atoms with Crippen molar-refractivity contribution in [3.8, 4) is 0 Å². The molecule has 0 rings (SSSR count). The van der Waals surface area contributed by atoms with Crippen LogP contribution in [0.15, 0.2) is 0 Å². The number of hydrogen-bond acceptors (Lipinski definition) is 1. The van der Waals surface area contributed by atoms with Crippen LogP contribution in [0.3, 0.4) is 0 Å². The third-order valence-electron chi connectivity index (χ3n) is 0.761. The lowest BCUT2D eigenvalue weighted by atomic mass is 10.4. The molecule has 0 atom stereocenters. The Morgan fingerprint density at radius 3 is 2.00 bits per heavy atom. The highest BCUT2D eigenvalue weighted by molar-refractivity contribution is 6.58. The quantitative estimate of drug-likeness (QED) is 0.450. The highest BCUT2D eigenvalue weighted by Crippen LogP contribution is 2.16. The van der Waals surface area contributed by atoms with E-state index in [4.69, 9.17) is 0 Å². The molecule has 0 bridgehead atoms. The molecule has 0 amide bonds. The Bertz CT molecular complexity index is 109. The molecule has 0 unspecified atom stereocenters. The molecule has 0 aliphatic carbocycles. The average Bonchev–Trinajstić information content (AvgIpc) is 1.59. The average molecular weight is 156 g/mol. The van der Waals surface area contributed by atoms with Crippen molar-refractivity contribution in [3.63, 3.8) is 0 Å². The summed E-state index contributed by atoms with van der Waals surface area (Å²) in [7, 11) is -5.44. The first kappa shape index (κ1) is 8.68. The van der Waals surface area contributed by atoms with E-state index in [0.717, 1.165) is 0 Å². The summed E-state index contributed by atoms with van der Waals surface area (Å²) in [6.45, 7) is 1.17. The highest BCUT2D eigenvalue weighted by atomic mass is 28.5. The smallest absolute Gasteiger partial charge is 0.300 e. The summed E-state index contributed by atoms with van der Waals surface area (Å²) < 4.78 is 34.2. The number of ketones is 1. The molecule has 0 radical (unpaired) electrons. The van der Waals surface area contributed by atoms with Crippen molar-refractivity contribution in [2.45, 2.75) is 19.4 Å². The Morgan fingerprint density at radius 2 is 1.89 bits per heavy atom. The van der Waals surface area contributed by atoms with E-state index in [-0.39, 0.29) is 12.2 Å². The zero-order valence-corrected chi connectivity index (χ0v) is 5.96. The summed E-state index contributed by atoms with van der Waals surface area (Å²) in [4.78, 5) is 10.0. The van der Waals surface area contributed by atoms with Crippen LogP contribution >= 0.6 is 0 Å². The molecule has 0 aliphatic heterocycles. The molecule has 0 heterocycles. The van der Waals surface area contributed by atoms with Gasteiger partial charge >= 0.3 is 9.08 Å². The van der Waals surface area contributed by atoms with Crippen molar-refractivity contribution in [1.29, 1.82) is 0 Å². The maximum Gasteiger partial charge on any atom is 0.616 e. The molecule has 0 saturated carbocycles. The van der Waals surface area contributed by atoms with Crippen molar-refractivity contribution >= 4 is 14.9 Å². The fourth-order valence-corrected chi connectivity index (χ4v) is 0.953. The molecule has 0 spiro atoms. The monoisotopic (exact) mass is 156 g/mol. The van der Waals surface area contributed by atoms with Gasteiger partial charge in [-0.15, -0.1) is 0 Å². The molecule has 54 valence electrons. The lowest BCUT2D eigenvalue weighted by molar-refractivity contribution is -0.116. The minimum absolute atomic E-state index is 0.338. The second-order valence-corrected chi connectivity index (χ2v) is 3.55. The van der Waals surface area contributed by atoms with Crippen LogP contribution in [-0.2, 0) is 4.79 Å². The summed E-state index contributed by atoms with van der Waals surface area (Å²) in [5.74, 6) is -0.389. The van der Waals surface area contributed by atoms with Crippen LogP contribution in [0.25, 0.3) is 0 Å². The van der Waals surface area contributed by atoms with E-state index in [2.05, 4.69) is 0 Å². The SMILES string of the molecule is CC(=O)CC[Si](F)(F)F. The van der Waals surface area contributed by atoms with Crippen molar-refractivity contribution in [2.75, 3.05) is 0 Å². The van der Waals surface area contributed by atoms with Gasteiger partial charge in [0.2, 0.25) is 0 Å². The standard InChI is InChI=1S/C4H7F3OSi/c1-4(8)2-3-9(5,6)7/h2-3H2,1H3. The lowest BCUT2D eigenvalue weighted by Crippen LogP contribution is -2.15. The molecule has 0 aromatic rings. The van der Waals surface area contributed by atoms with Gasteiger partial charge in [-0.3, -0.25) is 0 Å². The van der Waals surface area contributed by atoms with Gasteiger partial charge < -0.3 is 4.79 Å². The lowest BCUT2D eigenvalue weighted by Gasteiger charge is -1.97. The van der Waals surface area contributed by atoms with E-state index in [1.54, 1.807) is 0 Å². The number of rotatable bonds is 3. The van der Waals surface area contributed by atoms with Crippen LogP contribution in [0.2, 0.25) is 6.04 Å². The van der Waals surface area contributed by atoms with Gasteiger partial charge in [0, 0.05) is 12.5 Å². The fraction of sp³-hybridized carbons (Fsp3) is 0.750. The normalized spacial score (nSPS) is 11.6. The second kappa shape index (κ2) is 3.00. The third kappa shape index (κ3) is 7.68. The molecule has 0 aliphatic rings. The van der Waals surface area contributed by atoms with Crippen molar-refractivity contribution in [1.82, 2.24) is 0 Å². The van der Waals surface area contributed by atoms with Gasteiger partial charge in [-0.2, -0.15) is 0 Å². The number of carbonyl (C=O) groups is 1. The summed E-state index contributed by atoms with van der Waals surface area (Å²) in [6.07, 6.45) is -0.338. The van der Waals surface area contributed by atoms with Crippen molar-refractivity contribution in [2.24, 2.45) is 0 Å². The van der Waals surface area contributed by atoms with Crippen LogP contribution in [0, 0.1) is 0 Å². The summed E-state index contributed by atoms with van der Waals surface area (Å²) >= 11 is 0. The van der Waals surface area contributed by atoms with Gasteiger partial charge in [-0.25, -0.2) is 12.3 Å². The molecule has 5 heteroatoms. The van der Waals surface area contributed by atoms with E-state index in [0.29, 0.717) is 0 Å². The van der Waals surface area contributed by atoms with Crippen LogP contribution < -0.4 is 0 Å². The highest BCUT2D eigenvalue weighted by Gasteiger charge is 2.35. The molecule has 0 aromatic carbocycles. The minimum atomic E-state index is -5.44. The Morgan fingerprint density at radius 1 is 1.44 bits per heavy atom. The summed E-state index contributed by atoms with van der Waals surface area (Å²) in [5.41, 5.74) is 0. The number of Topliss-reactive ketones (excluding diaryl/α,β-unsaturated/α-hetero) is 1. The predicted molar refractivity (Wildman–Crippen MR) is 29.2 cm³/mol. The maximum absolute atomic E-state index is 11.4. The minimum Gasteiger partial charge on any atom is -0.300 e. The Labute approximate surface area is 52.4 Å². The summed E-state index contributed by atoms with van der Waals surface area (Å²) in [6, 6.07) is -0.859. The van der Waals surface area contributed by atoms with Crippen molar-refractivity contribution < 1.29 is 17.1 Å². The maximum atomic E-state index is 11.4. The number of halogens is 3. The van der Waals surface area contributed by atoms with Crippen LogP contribution in [0.5, 0.6) is 0 Å². The predicted octanol–water partition coefficient (Wildman–Crippen LogP) is 1.81. The molecule has 0 N–H and O–H groups in total. The van der Waals surface area contributed by atoms with E-state index < -0.39 is 15.1 Å². The summed E-state index contributed by atoms with van der Waals surface area (Å²) in [5, 5.41) is 0. The molecule has 9 heavy (non-hydrogen) atoms. The van der Waals surface area contributed by atoms with Gasteiger partial charge in [-0.1, -0.05) is 0 Å². The third-order valence-corrected chi connectivity index (χ3v) is 1.58. The zero-order valence-electron chi connectivity index (χ0n) is 4.96. The number of carbonyl (C=O) groups excluding carboxylic acids is 1. The van der Waals surface area contributed by atoms with E-state index >= 15 is 0 Å². The van der Waals surface area contributed by atoms with Gasteiger partial charge in [0.05, 0.1) is 0 Å². The fourth-order valence-electron chi connectivity index (χ4n) is 0.318. The molecule has 0 aromatic heterocycles. The van der Waals surface area contributed by atoms with Crippen molar-refractivity contribution in [3.05, 3.63) is 0 Å². The molecular formula is C4H7F3OSi. The van der Waals surface area contributed by atoms with Gasteiger partial charge in [0.25, 0.3) is 0 Å². The van der Waals surface area contributed by atoms with Gasteiger partial charge in [0.15, 0.2) is 0 Å². The van der Waals surface area contributed by atoms with E-state index in [9.17, 15) is 17.1 Å². The second-order valence-electron chi connectivity index (χ2n) is 1.82. The Hall–Kier alpha value is -0.323. The first-order valence-electron chi connectivity index (χ1n) is 2.48. The Kier molecular flexibility index (Phi) is 2.89. The first-order chi connectivity index (χ1) is 3.92.